The standard InChI is InChI=1S/C11H14ClN5/c1-3-13-10-5-8(4-9(12)15-10)6-11-16-14-7-17(11)2/h4-5,7H,3,6H2,1-2H3,(H,13,15). The van der Waals surface area contributed by atoms with Crippen LogP contribution in [0.15, 0.2) is 18.5 Å². The number of aromatic nitrogens is 4. The molecule has 0 saturated carbocycles. The molecule has 0 aliphatic carbocycles. The van der Waals surface area contributed by atoms with Crippen molar-refractivity contribution < 1.29 is 0 Å². The molecule has 90 valence electrons. The van der Waals surface area contributed by atoms with Crippen molar-refractivity contribution in [1.82, 2.24) is 19.7 Å². The lowest BCUT2D eigenvalue weighted by Crippen LogP contribution is -2.03. The number of rotatable bonds is 4. The third-order valence-electron chi connectivity index (χ3n) is 2.38. The van der Waals surface area contributed by atoms with E-state index in [9.17, 15) is 0 Å². The van der Waals surface area contributed by atoms with Gasteiger partial charge in [-0.2, -0.15) is 0 Å². The molecule has 0 aromatic carbocycles. The molecule has 0 atom stereocenters. The third-order valence-corrected chi connectivity index (χ3v) is 2.57. The molecule has 2 aromatic heterocycles. The molecule has 0 fully saturated rings. The highest BCUT2D eigenvalue weighted by atomic mass is 35.5. The fourth-order valence-corrected chi connectivity index (χ4v) is 1.80. The zero-order valence-corrected chi connectivity index (χ0v) is 10.6. The average molecular weight is 252 g/mol. The lowest BCUT2D eigenvalue weighted by Gasteiger charge is -2.06. The molecule has 2 aromatic rings. The van der Waals surface area contributed by atoms with Crippen molar-refractivity contribution in [3.63, 3.8) is 0 Å². The molecule has 0 aliphatic rings. The van der Waals surface area contributed by atoms with Crippen LogP contribution in [0, 0.1) is 0 Å². The van der Waals surface area contributed by atoms with Gasteiger partial charge in [0, 0.05) is 20.0 Å². The summed E-state index contributed by atoms with van der Waals surface area (Å²) >= 11 is 5.97. The van der Waals surface area contributed by atoms with E-state index in [1.165, 1.54) is 0 Å². The van der Waals surface area contributed by atoms with Gasteiger partial charge in [0.15, 0.2) is 0 Å². The Morgan fingerprint density at radius 1 is 1.41 bits per heavy atom. The summed E-state index contributed by atoms with van der Waals surface area (Å²) in [5.74, 6) is 1.69. The summed E-state index contributed by atoms with van der Waals surface area (Å²) < 4.78 is 1.89. The monoisotopic (exact) mass is 251 g/mol. The van der Waals surface area contributed by atoms with Crippen LogP contribution in [-0.4, -0.2) is 26.3 Å². The predicted octanol–water partition coefficient (Wildman–Crippen LogP) is 1.89. The van der Waals surface area contributed by atoms with Crippen LogP contribution in [0.3, 0.4) is 0 Å². The molecule has 2 rings (SSSR count). The zero-order chi connectivity index (χ0) is 12.3. The highest BCUT2D eigenvalue weighted by Crippen LogP contribution is 2.16. The van der Waals surface area contributed by atoms with E-state index < -0.39 is 0 Å². The summed E-state index contributed by atoms with van der Waals surface area (Å²) in [4.78, 5) is 4.19. The van der Waals surface area contributed by atoms with Gasteiger partial charge in [-0.1, -0.05) is 11.6 Å². The van der Waals surface area contributed by atoms with Gasteiger partial charge in [0.05, 0.1) is 0 Å². The summed E-state index contributed by atoms with van der Waals surface area (Å²) in [5, 5.41) is 11.5. The molecular formula is C11H14ClN5. The smallest absolute Gasteiger partial charge is 0.136 e. The van der Waals surface area contributed by atoms with Crippen LogP contribution < -0.4 is 5.32 Å². The number of pyridine rings is 1. The van der Waals surface area contributed by atoms with E-state index in [1.807, 2.05) is 30.7 Å². The van der Waals surface area contributed by atoms with Crippen LogP contribution in [0.4, 0.5) is 5.82 Å². The van der Waals surface area contributed by atoms with Crippen molar-refractivity contribution in [2.24, 2.45) is 7.05 Å². The second-order valence-electron chi connectivity index (χ2n) is 3.75. The second-order valence-corrected chi connectivity index (χ2v) is 4.14. The zero-order valence-electron chi connectivity index (χ0n) is 9.81. The lowest BCUT2D eigenvalue weighted by atomic mass is 10.2. The number of hydrogen-bond donors (Lipinski definition) is 1. The van der Waals surface area contributed by atoms with E-state index >= 15 is 0 Å². The molecule has 0 aliphatic heterocycles. The quantitative estimate of drug-likeness (QED) is 0.843. The maximum absolute atomic E-state index is 5.97. The first-order valence-corrected chi connectivity index (χ1v) is 5.80. The van der Waals surface area contributed by atoms with Gasteiger partial charge >= 0.3 is 0 Å². The number of anilines is 1. The lowest BCUT2D eigenvalue weighted by molar-refractivity contribution is 0.820. The van der Waals surface area contributed by atoms with Crippen molar-refractivity contribution in [1.29, 1.82) is 0 Å². The molecule has 6 heteroatoms. The molecular weight excluding hydrogens is 238 g/mol. The summed E-state index contributed by atoms with van der Waals surface area (Å²) in [7, 11) is 1.92. The van der Waals surface area contributed by atoms with Gasteiger partial charge in [-0.3, -0.25) is 0 Å². The topological polar surface area (TPSA) is 55.6 Å². The fourth-order valence-electron chi connectivity index (χ4n) is 1.57. The number of halogens is 1. The van der Waals surface area contributed by atoms with Crippen LogP contribution in [-0.2, 0) is 13.5 Å². The van der Waals surface area contributed by atoms with Gasteiger partial charge in [0.2, 0.25) is 0 Å². The Balaban J connectivity index is 2.23. The Morgan fingerprint density at radius 2 is 2.24 bits per heavy atom. The van der Waals surface area contributed by atoms with E-state index in [-0.39, 0.29) is 0 Å². The van der Waals surface area contributed by atoms with Gasteiger partial charge in [-0.25, -0.2) is 4.98 Å². The fraction of sp³-hybridized carbons (Fsp3) is 0.364. The molecule has 2 heterocycles. The number of nitrogens with zero attached hydrogens (tertiary/aromatic N) is 4. The Hall–Kier alpha value is -1.62. The summed E-state index contributed by atoms with van der Waals surface area (Å²) in [6, 6.07) is 3.82. The molecule has 0 bridgehead atoms. The van der Waals surface area contributed by atoms with Gasteiger partial charge < -0.3 is 9.88 Å². The average Bonchev–Trinajstić information content (AvgIpc) is 2.64. The number of nitrogens with one attached hydrogen (secondary N) is 1. The molecule has 0 unspecified atom stereocenters. The molecule has 0 saturated heterocycles. The largest absolute Gasteiger partial charge is 0.370 e. The third kappa shape index (κ3) is 2.94. The highest BCUT2D eigenvalue weighted by Gasteiger charge is 2.05. The number of aryl methyl sites for hydroxylation is 1. The molecule has 1 N–H and O–H groups in total. The van der Waals surface area contributed by atoms with E-state index in [0.717, 1.165) is 23.8 Å². The maximum atomic E-state index is 5.97. The van der Waals surface area contributed by atoms with E-state index in [2.05, 4.69) is 20.5 Å². The first-order chi connectivity index (χ1) is 8.19. The Bertz CT molecular complexity index is 508. The molecule has 5 nitrogen and oxygen atoms in total. The van der Waals surface area contributed by atoms with Crippen LogP contribution in [0.1, 0.15) is 18.3 Å². The van der Waals surface area contributed by atoms with E-state index in [1.54, 1.807) is 6.33 Å². The van der Waals surface area contributed by atoms with Gasteiger partial charge in [0.25, 0.3) is 0 Å². The van der Waals surface area contributed by atoms with Crippen LogP contribution in [0.5, 0.6) is 0 Å². The van der Waals surface area contributed by atoms with Crippen molar-refractivity contribution in [2.75, 3.05) is 11.9 Å². The Kier molecular flexibility index (Phi) is 3.58. The highest BCUT2D eigenvalue weighted by molar-refractivity contribution is 6.29. The van der Waals surface area contributed by atoms with Crippen LogP contribution in [0.2, 0.25) is 5.15 Å². The first-order valence-electron chi connectivity index (χ1n) is 5.42. The van der Waals surface area contributed by atoms with Crippen LogP contribution in [0.25, 0.3) is 0 Å². The van der Waals surface area contributed by atoms with Crippen molar-refractivity contribution in [3.05, 3.63) is 35.0 Å². The summed E-state index contributed by atoms with van der Waals surface area (Å²) in [5.41, 5.74) is 1.07. The molecule has 0 spiro atoms. The van der Waals surface area contributed by atoms with Gasteiger partial charge in [-0.15, -0.1) is 10.2 Å². The SMILES string of the molecule is CCNc1cc(Cc2nncn2C)cc(Cl)n1. The summed E-state index contributed by atoms with van der Waals surface area (Å²) in [6.07, 6.45) is 2.38. The normalized spacial score (nSPS) is 10.5. The Morgan fingerprint density at radius 3 is 2.88 bits per heavy atom. The molecule has 0 radical (unpaired) electrons. The summed E-state index contributed by atoms with van der Waals surface area (Å²) in [6.45, 7) is 2.83. The van der Waals surface area contributed by atoms with Crippen molar-refractivity contribution >= 4 is 17.4 Å². The minimum atomic E-state index is 0.487. The minimum Gasteiger partial charge on any atom is -0.370 e. The Labute approximate surface area is 105 Å². The van der Waals surface area contributed by atoms with E-state index in [4.69, 9.17) is 11.6 Å². The number of hydrogen-bond acceptors (Lipinski definition) is 4. The minimum absolute atomic E-state index is 0.487. The first kappa shape index (κ1) is 11.9. The molecule has 17 heavy (non-hydrogen) atoms. The predicted molar refractivity (Wildman–Crippen MR) is 67.2 cm³/mol. The van der Waals surface area contributed by atoms with E-state index in [0.29, 0.717) is 11.6 Å². The maximum Gasteiger partial charge on any atom is 0.136 e. The second kappa shape index (κ2) is 5.14. The molecule has 0 amide bonds. The van der Waals surface area contributed by atoms with Crippen molar-refractivity contribution in [3.8, 4) is 0 Å². The van der Waals surface area contributed by atoms with Crippen molar-refractivity contribution in [2.45, 2.75) is 13.3 Å². The van der Waals surface area contributed by atoms with Gasteiger partial charge in [0.1, 0.15) is 23.1 Å². The van der Waals surface area contributed by atoms with Gasteiger partial charge in [-0.05, 0) is 24.6 Å². The van der Waals surface area contributed by atoms with Crippen LogP contribution >= 0.6 is 11.6 Å².